The number of hydrogen-bond acceptors (Lipinski definition) is 4. The van der Waals surface area contributed by atoms with Gasteiger partial charge >= 0.3 is 0 Å². The maximum absolute atomic E-state index is 12.2. The third kappa shape index (κ3) is 3.58. The van der Waals surface area contributed by atoms with E-state index in [1.165, 1.54) is 12.1 Å². The van der Waals surface area contributed by atoms with Gasteiger partial charge in [0.25, 0.3) is 11.6 Å². The fourth-order valence-corrected chi connectivity index (χ4v) is 2.79. The van der Waals surface area contributed by atoms with Crippen LogP contribution < -0.4 is 5.32 Å². The van der Waals surface area contributed by atoms with E-state index in [1.807, 2.05) is 0 Å². The number of nitro benzene ring substituents is 1. The number of hydrogen-bond donors (Lipinski definition) is 2. The summed E-state index contributed by atoms with van der Waals surface area (Å²) in [7, 11) is 0. The Kier molecular flexibility index (Phi) is 4.57. The molecule has 2 rings (SSSR count). The summed E-state index contributed by atoms with van der Waals surface area (Å²) in [5.74, 6) is -0.379. The molecule has 0 aliphatic heterocycles. The number of rotatable bonds is 4. The fourth-order valence-electron chi connectivity index (χ4n) is 2.79. The Hall–Kier alpha value is -1.95. The number of nitrogens with one attached hydrogen (secondary N) is 1. The normalized spacial score (nSPS) is 17.2. The van der Waals surface area contributed by atoms with E-state index in [9.17, 15) is 20.0 Å². The van der Waals surface area contributed by atoms with Crippen molar-refractivity contribution < 1.29 is 14.8 Å². The molecule has 0 aromatic heterocycles. The standard InChI is InChI=1S/C15H20N2O4/c1-11-12(6-5-7-13(11)17(20)21)14(18)16-10-15(19)8-3-2-4-9-15/h5-7,19H,2-4,8-10H2,1H3,(H,16,18). The van der Waals surface area contributed by atoms with Crippen LogP contribution in [0.5, 0.6) is 0 Å². The van der Waals surface area contributed by atoms with Crippen LogP contribution in [0.15, 0.2) is 18.2 Å². The van der Waals surface area contributed by atoms with Gasteiger partial charge in [-0.25, -0.2) is 0 Å². The number of carbonyl (C=O) groups is 1. The minimum atomic E-state index is -0.845. The van der Waals surface area contributed by atoms with Gasteiger partial charge in [0.2, 0.25) is 0 Å². The molecule has 1 aliphatic rings. The molecular formula is C15H20N2O4. The lowest BCUT2D eigenvalue weighted by Crippen LogP contribution is -2.44. The number of nitro groups is 1. The maximum atomic E-state index is 12.2. The van der Waals surface area contributed by atoms with Crippen molar-refractivity contribution in [3.63, 3.8) is 0 Å². The summed E-state index contributed by atoms with van der Waals surface area (Å²) in [4.78, 5) is 22.6. The second kappa shape index (κ2) is 6.22. The Bertz CT molecular complexity index is 551. The van der Waals surface area contributed by atoms with Crippen molar-refractivity contribution in [3.8, 4) is 0 Å². The van der Waals surface area contributed by atoms with Gasteiger partial charge in [0.1, 0.15) is 0 Å². The van der Waals surface area contributed by atoms with Crippen LogP contribution in [0, 0.1) is 17.0 Å². The minimum absolute atomic E-state index is 0.0703. The van der Waals surface area contributed by atoms with Gasteiger partial charge < -0.3 is 10.4 Å². The third-order valence-corrected chi connectivity index (χ3v) is 4.11. The van der Waals surface area contributed by atoms with Crippen LogP contribution in [0.25, 0.3) is 0 Å². The zero-order valence-electron chi connectivity index (χ0n) is 12.1. The highest BCUT2D eigenvalue weighted by Crippen LogP contribution is 2.27. The molecule has 0 unspecified atom stereocenters. The number of aliphatic hydroxyl groups is 1. The van der Waals surface area contributed by atoms with Gasteiger partial charge in [0.15, 0.2) is 0 Å². The Morgan fingerprint density at radius 3 is 2.67 bits per heavy atom. The summed E-state index contributed by atoms with van der Waals surface area (Å²) in [5.41, 5.74) is -0.291. The smallest absolute Gasteiger partial charge is 0.273 e. The van der Waals surface area contributed by atoms with Crippen molar-refractivity contribution in [2.75, 3.05) is 6.54 Å². The molecule has 6 nitrogen and oxygen atoms in total. The summed E-state index contributed by atoms with van der Waals surface area (Å²) in [5, 5.41) is 23.9. The summed E-state index contributed by atoms with van der Waals surface area (Å²) in [6.07, 6.45) is 4.40. The highest BCUT2D eigenvalue weighted by Gasteiger charge is 2.30. The van der Waals surface area contributed by atoms with Gasteiger partial charge in [-0.3, -0.25) is 14.9 Å². The molecule has 1 aromatic carbocycles. The fraction of sp³-hybridized carbons (Fsp3) is 0.533. The first kappa shape index (κ1) is 15.4. The second-order valence-electron chi connectivity index (χ2n) is 5.67. The quantitative estimate of drug-likeness (QED) is 0.658. The summed E-state index contributed by atoms with van der Waals surface area (Å²) in [6.45, 7) is 1.75. The summed E-state index contributed by atoms with van der Waals surface area (Å²) in [6, 6.07) is 4.43. The molecule has 1 aliphatic carbocycles. The van der Waals surface area contributed by atoms with Gasteiger partial charge in [-0.05, 0) is 25.8 Å². The molecule has 0 atom stereocenters. The van der Waals surface area contributed by atoms with E-state index < -0.39 is 10.5 Å². The molecule has 1 amide bonds. The molecule has 2 N–H and O–H groups in total. The third-order valence-electron chi connectivity index (χ3n) is 4.11. The van der Waals surface area contributed by atoms with Crippen LogP contribution in [-0.2, 0) is 0 Å². The molecule has 0 bridgehead atoms. The molecule has 0 radical (unpaired) electrons. The number of benzene rings is 1. The van der Waals surface area contributed by atoms with Crippen LogP contribution in [0.1, 0.15) is 48.0 Å². The van der Waals surface area contributed by atoms with E-state index in [2.05, 4.69) is 5.32 Å². The van der Waals surface area contributed by atoms with Crippen molar-refractivity contribution >= 4 is 11.6 Å². The average molecular weight is 292 g/mol. The van der Waals surface area contributed by atoms with Crippen LogP contribution >= 0.6 is 0 Å². The number of carbonyl (C=O) groups excluding carboxylic acids is 1. The Balaban J connectivity index is 2.07. The van der Waals surface area contributed by atoms with Crippen LogP contribution in [0.2, 0.25) is 0 Å². The van der Waals surface area contributed by atoms with E-state index in [1.54, 1.807) is 13.0 Å². The average Bonchev–Trinajstić information content (AvgIpc) is 2.45. The number of amides is 1. The Labute approximate surface area is 123 Å². The van der Waals surface area contributed by atoms with Crippen LogP contribution in [0.3, 0.4) is 0 Å². The first-order chi connectivity index (χ1) is 9.93. The number of nitrogens with zero attached hydrogens (tertiary/aromatic N) is 1. The first-order valence-corrected chi connectivity index (χ1v) is 7.17. The van der Waals surface area contributed by atoms with Crippen molar-refractivity contribution in [2.24, 2.45) is 0 Å². The van der Waals surface area contributed by atoms with Gasteiger partial charge in [-0.15, -0.1) is 0 Å². The van der Waals surface area contributed by atoms with E-state index in [0.29, 0.717) is 18.4 Å². The van der Waals surface area contributed by atoms with Crippen LogP contribution in [-0.4, -0.2) is 28.1 Å². The minimum Gasteiger partial charge on any atom is -0.388 e. The van der Waals surface area contributed by atoms with Gasteiger partial charge in [-0.2, -0.15) is 0 Å². The van der Waals surface area contributed by atoms with Crippen molar-refractivity contribution in [2.45, 2.75) is 44.6 Å². The van der Waals surface area contributed by atoms with Gasteiger partial charge in [0, 0.05) is 23.7 Å². The lowest BCUT2D eigenvalue weighted by atomic mass is 9.85. The lowest BCUT2D eigenvalue weighted by molar-refractivity contribution is -0.385. The first-order valence-electron chi connectivity index (χ1n) is 7.17. The second-order valence-corrected chi connectivity index (χ2v) is 5.67. The molecule has 1 fully saturated rings. The highest BCUT2D eigenvalue weighted by atomic mass is 16.6. The summed E-state index contributed by atoms with van der Waals surface area (Å²) < 4.78 is 0. The van der Waals surface area contributed by atoms with Gasteiger partial charge in [0.05, 0.1) is 10.5 Å². The Morgan fingerprint density at radius 2 is 2.05 bits per heavy atom. The monoisotopic (exact) mass is 292 g/mol. The molecule has 0 heterocycles. The molecular weight excluding hydrogens is 272 g/mol. The molecule has 0 spiro atoms. The molecule has 1 aromatic rings. The zero-order chi connectivity index (χ0) is 15.5. The Morgan fingerprint density at radius 1 is 1.38 bits per heavy atom. The highest BCUT2D eigenvalue weighted by molar-refractivity contribution is 5.96. The molecule has 21 heavy (non-hydrogen) atoms. The van der Waals surface area contributed by atoms with E-state index in [-0.39, 0.29) is 23.7 Å². The largest absolute Gasteiger partial charge is 0.388 e. The lowest BCUT2D eigenvalue weighted by Gasteiger charge is -2.32. The topological polar surface area (TPSA) is 92.5 Å². The molecule has 6 heteroatoms. The molecule has 1 saturated carbocycles. The zero-order valence-corrected chi connectivity index (χ0v) is 12.1. The van der Waals surface area contributed by atoms with E-state index >= 15 is 0 Å². The van der Waals surface area contributed by atoms with Gasteiger partial charge in [-0.1, -0.05) is 25.3 Å². The van der Waals surface area contributed by atoms with Crippen LogP contribution in [0.4, 0.5) is 5.69 Å². The SMILES string of the molecule is Cc1c(C(=O)NCC2(O)CCCCC2)cccc1[N+](=O)[O-]. The predicted octanol–water partition coefficient (Wildman–Crippen LogP) is 2.33. The van der Waals surface area contributed by atoms with Crippen molar-refractivity contribution in [1.82, 2.24) is 5.32 Å². The van der Waals surface area contributed by atoms with E-state index in [0.717, 1.165) is 19.3 Å². The van der Waals surface area contributed by atoms with Crippen molar-refractivity contribution in [1.29, 1.82) is 0 Å². The maximum Gasteiger partial charge on any atom is 0.273 e. The van der Waals surface area contributed by atoms with Crippen molar-refractivity contribution in [3.05, 3.63) is 39.4 Å². The molecule has 0 saturated heterocycles. The summed E-state index contributed by atoms with van der Waals surface area (Å²) >= 11 is 0. The van der Waals surface area contributed by atoms with E-state index in [4.69, 9.17) is 0 Å². The molecule has 114 valence electrons. The predicted molar refractivity (Wildman–Crippen MR) is 78.2 cm³/mol.